The van der Waals surface area contributed by atoms with E-state index in [2.05, 4.69) is 4.98 Å². The minimum atomic E-state index is -0.725. The molecule has 0 spiro atoms. The van der Waals surface area contributed by atoms with E-state index < -0.39 is 29.3 Å². The largest absolute Gasteiger partial charge is 0.491 e. The number of ether oxygens (including phenoxy) is 5. The highest BCUT2D eigenvalue weighted by Gasteiger charge is 2.34. The summed E-state index contributed by atoms with van der Waals surface area (Å²) in [5, 5.41) is 0.317. The van der Waals surface area contributed by atoms with Gasteiger partial charge in [-0.3, -0.25) is 4.90 Å². The summed E-state index contributed by atoms with van der Waals surface area (Å²) in [6.45, 7) is 9.91. The van der Waals surface area contributed by atoms with Crippen LogP contribution in [-0.2, 0) is 25.4 Å². The first-order chi connectivity index (χ1) is 17.8. The number of benzene rings is 1. The van der Waals surface area contributed by atoms with Gasteiger partial charge in [-0.1, -0.05) is 0 Å². The number of carbonyl (C=O) groups excluding carboxylic acids is 2. The molecule has 2 aromatic rings. The molecule has 12 heteroatoms. The van der Waals surface area contributed by atoms with Gasteiger partial charge in [-0.25, -0.2) is 19.0 Å². The fourth-order valence-corrected chi connectivity index (χ4v) is 5.21. The number of amides is 1. The number of aryl methyl sites for hydroxylation is 1. The van der Waals surface area contributed by atoms with Crippen molar-refractivity contribution >= 4 is 51.1 Å². The number of nitrogens with zero attached hydrogens (tertiary/aromatic N) is 2. The topological polar surface area (TPSA) is 96.4 Å². The summed E-state index contributed by atoms with van der Waals surface area (Å²) in [5.74, 6) is -1.55. The Morgan fingerprint density at radius 3 is 2.66 bits per heavy atom. The Bertz CT molecular complexity index is 1140. The quantitative estimate of drug-likeness (QED) is 0.174. The molecule has 0 aliphatic carbocycles. The maximum Gasteiger partial charge on any atom is 0.416 e. The fraction of sp³-hybridized carbons (Fsp3) is 0.577. The number of rotatable bonds is 10. The molecule has 38 heavy (non-hydrogen) atoms. The van der Waals surface area contributed by atoms with Crippen molar-refractivity contribution in [3.8, 4) is 5.75 Å². The first-order valence-corrected chi connectivity index (χ1v) is 14.2. The number of hydrogen-bond acceptors (Lipinski definition) is 9. The van der Waals surface area contributed by atoms with Crippen LogP contribution in [0.5, 0.6) is 5.75 Å². The van der Waals surface area contributed by atoms with Crippen LogP contribution in [0.15, 0.2) is 18.2 Å². The Labute approximate surface area is 240 Å². The maximum absolute atomic E-state index is 14.1. The third-order valence-electron chi connectivity index (χ3n) is 5.35. The van der Waals surface area contributed by atoms with E-state index in [1.165, 1.54) is 29.4 Å². The lowest BCUT2D eigenvalue weighted by molar-refractivity contribution is -0.138. The highest BCUT2D eigenvalue weighted by Crippen LogP contribution is 2.31. The number of carbonyl (C=O) groups is 2. The zero-order valence-corrected chi connectivity index (χ0v) is 25.4. The molecule has 210 valence electrons. The van der Waals surface area contributed by atoms with Gasteiger partial charge < -0.3 is 23.7 Å². The predicted octanol–water partition coefficient (Wildman–Crippen LogP) is 5.97. The standard InChI is InChI=1S/C26H34FIN2O7S/c1-25(2,3)37-24(32)30(12-11-17-15-35-26(4,5)36-17)23-29-21(22(31)33-6)20(38-23)8-7-13-34-19-10-9-16(28)14-18(19)27/h9-10,14,17H,7-8,11-13,15H2,1-6H3. The number of aromatic nitrogens is 1. The van der Waals surface area contributed by atoms with Crippen molar-refractivity contribution in [2.75, 3.05) is 31.8 Å². The van der Waals surface area contributed by atoms with Crippen molar-refractivity contribution in [1.82, 2.24) is 4.98 Å². The molecular weight excluding hydrogens is 630 g/mol. The normalized spacial score (nSPS) is 16.8. The van der Waals surface area contributed by atoms with E-state index >= 15 is 0 Å². The monoisotopic (exact) mass is 664 g/mol. The molecule has 1 amide bonds. The van der Waals surface area contributed by atoms with Gasteiger partial charge in [-0.15, -0.1) is 11.3 Å². The molecule has 1 saturated heterocycles. The Kier molecular flexibility index (Phi) is 10.3. The van der Waals surface area contributed by atoms with Gasteiger partial charge in [0, 0.05) is 15.0 Å². The van der Waals surface area contributed by atoms with E-state index in [-0.39, 0.29) is 30.7 Å². The Morgan fingerprint density at radius 1 is 1.32 bits per heavy atom. The molecule has 1 fully saturated rings. The second-order valence-corrected chi connectivity index (χ2v) is 12.5. The van der Waals surface area contributed by atoms with Crippen molar-refractivity contribution in [3.63, 3.8) is 0 Å². The smallest absolute Gasteiger partial charge is 0.416 e. The van der Waals surface area contributed by atoms with Gasteiger partial charge in [0.15, 0.2) is 28.2 Å². The predicted molar refractivity (Wildman–Crippen MR) is 149 cm³/mol. The number of hydrogen-bond donors (Lipinski definition) is 0. The highest BCUT2D eigenvalue weighted by atomic mass is 127. The summed E-state index contributed by atoms with van der Waals surface area (Å²) in [7, 11) is 1.28. The summed E-state index contributed by atoms with van der Waals surface area (Å²) in [6.07, 6.45) is 0.620. The molecule has 1 aromatic heterocycles. The van der Waals surface area contributed by atoms with E-state index in [9.17, 15) is 14.0 Å². The summed E-state index contributed by atoms with van der Waals surface area (Å²) in [5.41, 5.74) is -0.597. The third kappa shape index (κ3) is 8.75. The number of anilines is 1. The van der Waals surface area contributed by atoms with Gasteiger partial charge in [-0.2, -0.15) is 0 Å². The van der Waals surface area contributed by atoms with Gasteiger partial charge in [-0.05, 0) is 94.7 Å². The fourth-order valence-electron chi connectivity index (χ4n) is 3.65. The lowest BCUT2D eigenvalue weighted by Gasteiger charge is -2.26. The number of thiazole rings is 1. The number of esters is 1. The van der Waals surface area contributed by atoms with Crippen LogP contribution < -0.4 is 9.64 Å². The van der Waals surface area contributed by atoms with Crippen LogP contribution >= 0.6 is 33.9 Å². The minimum Gasteiger partial charge on any atom is -0.491 e. The van der Waals surface area contributed by atoms with E-state index in [1.807, 2.05) is 36.4 Å². The van der Waals surface area contributed by atoms with Crippen molar-refractivity contribution in [2.45, 2.75) is 71.4 Å². The zero-order chi connectivity index (χ0) is 28.1. The Balaban J connectivity index is 1.75. The average molecular weight is 665 g/mol. The first-order valence-electron chi connectivity index (χ1n) is 12.3. The SMILES string of the molecule is COC(=O)c1nc(N(CCC2COC(C)(C)O2)C(=O)OC(C)(C)C)sc1CCCOc1ccc(I)cc1F. The molecule has 1 atom stereocenters. The van der Waals surface area contributed by atoms with E-state index in [0.29, 0.717) is 35.9 Å². The van der Waals surface area contributed by atoms with E-state index in [1.54, 1.807) is 32.9 Å². The molecule has 1 aromatic carbocycles. The van der Waals surface area contributed by atoms with Crippen molar-refractivity contribution < 1.29 is 37.7 Å². The van der Waals surface area contributed by atoms with Crippen LogP contribution in [-0.4, -0.2) is 61.4 Å². The average Bonchev–Trinajstić information content (AvgIpc) is 3.39. The summed E-state index contributed by atoms with van der Waals surface area (Å²) in [6, 6.07) is 4.75. The molecule has 3 rings (SSSR count). The van der Waals surface area contributed by atoms with Gasteiger partial charge in [0.05, 0.1) is 26.4 Å². The second kappa shape index (κ2) is 12.9. The zero-order valence-electron chi connectivity index (χ0n) is 22.5. The minimum absolute atomic E-state index is 0.128. The molecule has 1 aliphatic rings. The van der Waals surface area contributed by atoms with Crippen LogP contribution in [0.2, 0.25) is 0 Å². The Morgan fingerprint density at radius 2 is 2.05 bits per heavy atom. The summed E-state index contributed by atoms with van der Waals surface area (Å²) < 4.78 is 42.5. The van der Waals surface area contributed by atoms with Gasteiger partial charge in [0.25, 0.3) is 0 Å². The molecule has 0 radical (unpaired) electrons. The summed E-state index contributed by atoms with van der Waals surface area (Å²) >= 11 is 3.24. The molecule has 9 nitrogen and oxygen atoms in total. The van der Waals surface area contributed by atoms with Crippen LogP contribution in [0.4, 0.5) is 14.3 Å². The van der Waals surface area contributed by atoms with Crippen LogP contribution in [0.1, 0.15) is 62.8 Å². The lowest BCUT2D eigenvalue weighted by atomic mass is 10.2. The van der Waals surface area contributed by atoms with Crippen LogP contribution in [0, 0.1) is 9.39 Å². The maximum atomic E-state index is 14.1. The Hall–Kier alpha value is -2.03. The molecule has 1 unspecified atom stereocenters. The highest BCUT2D eigenvalue weighted by molar-refractivity contribution is 14.1. The molecule has 1 aliphatic heterocycles. The van der Waals surface area contributed by atoms with E-state index in [0.717, 1.165) is 3.57 Å². The number of halogens is 2. The van der Waals surface area contributed by atoms with Crippen molar-refractivity contribution in [3.05, 3.63) is 38.2 Å². The summed E-state index contributed by atoms with van der Waals surface area (Å²) in [4.78, 5) is 32.2. The third-order valence-corrected chi connectivity index (χ3v) is 7.16. The van der Waals surface area contributed by atoms with Crippen molar-refractivity contribution in [1.29, 1.82) is 0 Å². The van der Waals surface area contributed by atoms with Gasteiger partial charge in [0.1, 0.15) is 5.60 Å². The van der Waals surface area contributed by atoms with Gasteiger partial charge in [0.2, 0.25) is 0 Å². The molecular formula is C26H34FIN2O7S. The van der Waals surface area contributed by atoms with Crippen LogP contribution in [0.25, 0.3) is 0 Å². The lowest BCUT2D eigenvalue weighted by Crippen LogP contribution is -2.38. The molecule has 0 N–H and O–H groups in total. The second-order valence-electron chi connectivity index (χ2n) is 10.2. The first kappa shape index (κ1) is 30.5. The van der Waals surface area contributed by atoms with Crippen LogP contribution in [0.3, 0.4) is 0 Å². The van der Waals surface area contributed by atoms with Gasteiger partial charge >= 0.3 is 12.1 Å². The number of methoxy groups -OCH3 is 1. The molecule has 2 heterocycles. The van der Waals surface area contributed by atoms with E-state index in [4.69, 9.17) is 23.7 Å². The molecule has 0 bridgehead atoms. The molecule has 0 saturated carbocycles. The van der Waals surface area contributed by atoms with Crippen molar-refractivity contribution in [2.24, 2.45) is 0 Å².